The molecular formula is C27H33F7N6O6. The van der Waals surface area contributed by atoms with Crippen LogP contribution < -0.4 is 10.1 Å². The van der Waals surface area contributed by atoms with E-state index in [0.29, 0.717) is 28.6 Å². The molecule has 0 aliphatic carbocycles. The van der Waals surface area contributed by atoms with Crippen LogP contribution in [-0.4, -0.2) is 98.7 Å². The number of benzene rings is 1. The van der Waals surface area contributed by atoms with Crippen LogP contribution in [0.4, 0.5) is 30.7 Å². The number of rotatable bonds is 5. The van der Waals surface area contributed by atoms with Crippen molar-refractivity contribution in [2.45, 2.75) is 69.8 Å². The Morgan fingerprint density at radius 2 is 1.54 bits per heavy atom. The molecule has 0 bridgehead atoms. The van der Waals surface area contributed by atoms with Gasteiger partial charge < -0.3 is 29.7 Å². The summed E-state index contributed by atoms with van der Waals surface area (Å²) < 4.78 is 91.0. The summed E-state index contributed by atoms with van der Waals surface area (Å²) in [5, 5.41) is 27.2. The van der Waals surface area contributed by atoms with Gasteiger partial charge in [-0.3, -0.25) is 0 Å². The lowest BCUT2D eigenvalue weighted by Gasteiger charge is -2.38. The maximum Gasteiger partial charge on any atom is 0.490 e. The number of hydrogen-bond acceptors (Lipinski definition) is 9. The Morgan fingerprint density at radius 1 is 1.00 bits per heavy atom. The van der Waals surface area contributed by atoms with Crippen LogP contribution in [0.1, 0.15) is 63.0 Å². The van der Waals surface area contributed by atoms with Crippen LogP contribution in [0.3, 0.4) is 0 Å². The van der Waals surface area contributed by atoms with Gasteiger partial charge in [-0.2, -0.15) is 41.1 Å². The highest BCUT2D eigenvalue weighted by Gasteiger charge is 2.39. The maximum absolute atomic E-state index is 14.9. The molecule has 0 saturated carbocycles. The number of carbonyl (C=O) groups is 2. The molecule has 3 aromatic rings. The number of halogens is 7. The van der Waals surface area contributed by atoms with E-state index >= 15 is 0 Å². The van der Waals surface area contributed by atoms with Crippen molar-refractivity contribution in [3.05, 3.63) is 29.5 Å². The standard InChI is InChI=1S/C23H31FN6O2.2C2HF3O2/c1-14(2)20-19-18(31-3)5-4-17(24)21(19)30(27-20)23-26-22(32-28-23)15-8-12-29(13-9-15)16-6-10-25-11-7-16;2*3-2(4,5)1(6)7/h4-5,14-16,25H,6-13H2,1-3H3;2*(H,6,7). The number of carboxylic acid groups (broad SMARTS) is 2. The molecule has 4 heterocycles. The van der Waals surface area contributed by atoms with E-state index in [-0.39, 0.29) is 23.6 Å². The molecule has 0 radical (unpaired) electrons. The van der Waals surface area contributed by atoms with E-state index in [1.165, 1.54) is 23.6 Å². The molecule has 0 atom stereocenters. The van der Waals surface area contributed by atoms with Gasteiger partial charge in [0.05, 0.1) is 18.2 Å². The second-order valence-electron chi connectivity index (χ2n) is 10.8. The lowest BCUT2D eigenvalue weighted by Crippen LogP contribution is -2.46. The zero-order chi connectivity index (χ0) is 34.4. The normalized spacial score (nSPS) is 16.8. The predicted molar refractivity (Wildman–Crippen MR) is 146 cm³/mol. The van der Waals surface area contributed by atoms with E-state index in [2.05, 4.69) is 25.5 Å². The zero-order valence-electron chi connectivity index (χ0n) is 25.0. The zero-order valence-corrected chi connectivity index (χ0v) is 25.0. The van der Waals surface area contributed by atoms with Crippen molar-refractivity contribution in [3.8, 4) is 11.7 Å². The van der Waals surface area contributed by atoms with Crippen LogP contribution in [0.5, 0.6) is 5.75 Å². The number of nitrogens with one attached hydrogen (secondary N) is 1. The monoisotopic (exact) mass is 670 g/mol. The third-order valence-electron chi connectivity index (χ3n) is 7.34. The number of methoxy groups -OCH3 is 1. The molecule has 19 heteroatoms. The fraction of sp³-hybridized carbons (Fsp3) is 0.593. The number of alkyl halides is 6. The van der Waals surface area contributed by atoms with Gasteiger partial charge in [0.15, 0.2) is 0 Å². The van der Waals surface area contributed by atoms with Crippen LogP contribution in [-0.2, 0) is 9.59 Å². The molecule has 2 fully saturated rings. The van der Waals surface area contributed by atoms with Gasteiger partial charge in [0.1, 0.15) is 17.1 Å². The predicted octanol–water partition coefficient (Wildman–Crippen LogP) is 4.88. The number of hydrogen-bond donors (Lipinski definition) is 3. The molecule has 2 saturated heterocycles. The van der Waals surface area contributed by atoms with Crippen LogP contribution >= 0.6 is 0 Å². The van der Waals surface area contributed by atoms with Gasteiger partial charge in [0, 0.05) is 12.0 Å². The van der Waals surface area contributed by atoms with Crippen molar-refractivity contribution in [3.63, 3.8) is 0 Å². The third kappa shape index (κ3) is 9.05. The van der Waals surface area contributed by atoms with Gasteiger partial charge in [-0.25, -0.2) is 14.0 Å². The summed E-state index contributed by atoms with van der Waals surface area (Å²) in [6.45, 7) is 8.34. The van der Waals surface area contributed by atoms with Crippen molar-refractivity contribution in [2.75, 3.05) is 33.3 Å². The largest absolute Gasteiger partial charge is 0.496 e. The number of carboxylic acids is 2. The Kier molecular flexibility index (Phi) is 11.9. The molecule has 0 spiro atoms. The van der Waals surface area contributed by atoms with Crippen molar-refractivity contribution in [2.24, 2.45) is 0 Å². The molecule has 12 nitrogen and oxygen atoms in total. The molecule has 0 unspecified atom stereocenters. The quantitative estimate of drug-likeness (QED) is 0.318. The highest BCUT2D eigenvalue weighted by Crippen LogP contribution is 2.36. The van der Waals surface area contributed by atoms with E-state index in [4.69, 9.17) is 29.1 Å². The summed E-state index contributed by atoms with van der Waals surface area (Å²) in [5.74, 6) is -4.12. The summed E-state index contributed by atoms with van der Waals surface area (Å²) >= 11 is 0. The molecular weight excluding hydrogens is 637 g/mol. The Bertz CT molecular complexity index is 1450. The van der Waals surface area contributed by atoms with Crippen LogP contribution in [0.2, 0.25) is 0 Å². The molecule has 0 amide bonds. The SMILES string of the molecule is COc1ccc(F)c2c1c(C(C)C)nn2-c1noc(C2CCN(C3CCNCC3)CC2)n1.O=C(O)C(F)(F)F.O=C(O)C(F)(F)F. The first kappa shape index (κ1) is 36.5. The third-order valence-corrected chi connectivity index (χ3v) is 7.34. The summed E-state index contributed by atoms with van der Waals surface area (Å²) in [6, 6.07) is 3.70. The highest BCUT2D eigenvalue weighted by atomic mass is 19.4. The first-order chi connectivity index (χ1) is 21.4. The molecule has 3 N–H and O–H groups in total. The average Bonchev–Trinajstić information content (AvgIpc) is 3.64. The van der Waals surface area contributed by atoms with Crippen molar-refractivity contribution in [1.29, 1.82) is 0 Å². The van der Waals surface area contributed by atoms with Crippen molar-refractivity contribution >= 4 is 22.8 Å². The first-order valence-electron chi connectivity index (χ1n) is 14.1. The number of likely N-dealkylation sites (tertiary alicyclic amines) is 1. The lowest BCUT2D eigenvalue weighted by atomic mass is 9.94. The van der Waals surface area contributed by atoms with Gasteiger partial charge in [-0.15, -0.1) is 0 Å². The van der Waals surface area contributed by atoms with Gasteiger partial charge in [0.2, 0.25) is 5.89 Å². The van der Waals surface area contributed by atoms with Crippen molar-refractivity contribution < 1.29 is 59.8 Å². The minimum atomic E-state index is -5.08. The number of aliphatic carboxylic acids is 2. The van der Waals surface area contributed by atoms with Gasteiger partial charge in [0.25, 0.3) is 5.95 Å². The van der Waals surface area contributed by atoms with Crippen molar-refractivity contribution in [1.82, 2.24) is 30.1 Å². The van der Waals surface area contributed by atoms with E-state index in [1.54, 1.807) is 13.2 Å². The second kappa shape index (κ2) is 15.1. The Labute approximate surface area is 257 Å². The molecule has 5 rings (SSSR count). The van der Waals surface area contributed by atoms with Crippen LogP contribution in [0, 0.1) is 5.82 Å². The first-order valence-corrected chi connectivity index (χ1v) is 14.1. The van der Waals surface area contributed by atoms with E-state index in [0.717, 1.165) is 44.7 Å². The highest BCUT2D eigenvalue weighted by molar-refractivity contribution is 5.90. The average molecular weight is 671 g/mol. The van der Waals surface area contributed by atoms with E-state index < -0.39 is 24.3 Å². The van der Waals surface area contributed by atoms with E-state index in [9.17, 15) is 30.7 Å². The minimum Gasteiger partial charge on any atom is -0.496 e. The second-order valence-corrected chi connectivity index (χ2v) is 10.8. The minimum absolute atomic E-state index is 0.0835. The number of fused-ring (bicyclic) bond motifs is 1. The molecule has 256 valence electrons. The molecule has 2 aliphatic rings. The Balaban J connectivity index is 0.000000345. The molecule has 2 aliphatic heterocycles. The lowest BCUT2D eigenvalue weighted by molar-refractivity contribution is -0.193. The Morgan fingerprint density at radius 3 is 2.02 bits per heavy atom. The number of piperidine rings is 2. The number of aromatic nitrogens is 4. The summed E-state index contributed by atoms with van der Waals surface area (Å²) in [4.78, 5) is 25.0. The van der Waals surface area contributed by atoms with Gasteiger partial charge in [-0.05, 0) is 75.1 Å². The van der Waals surface area contributed by atoms with Crippen LogP contribution in [0.15, 0.2) is 16.7 Å². The fourth-order valence-electron chi connectivity index (χ4n) is 5.09. The van der Waals surface area contributed by atoms with Gasteiger partial charge in [-0.1, -0.05) is 13.8 Å². The summed E-state index contributed by atoms with van der Waals surface area (Å²) in [7, 11) is 1.58. The molecule has 2 aromatic heterocycles. The van der Waals surface area contributed by atoms with Gasteiger partial charge >= 0.3 is 24.3 Å². The number of ether oxygens (including phenoxy) is 1. The Hall–Kier alpha value is -4.00. The number of nitrogens with zero attached hydrogens (tertiary/aromatic N) is 5. The summed E-state index contributed by atoms with van der Waals surface area (Å²) in [5.41, 5.74) is 1.07. The molecule has 46 heavy (non-hydrogen) atoms. The topological polar surface area (TPSA) is 156 Å². The maximum atomic E-state index is 14.9. The fourth-order valence-corrected chi connectivity index (χ4v) is 5.09. The van der Waals surface area contributed by atoms with E-state index in [1.807, 2.05) is 13.8 Å². The van der Waals surface area contributed by atoms with Crippen LogP contribution in [0.25, 0.3) is 16.9 Å². The summed E-state index contributed by atoms with van der Waals surface area (Å²) in [6.07, 6.45) is -5.75. The molecule has 1 aromatic carbocycles. The smallest absolute Gasteiger partial charge is 0.490 e.